The number of hydrogen-bond donors (Lipinski definition) is 0. The minimum Gasteiger partial charge on any atom is -0.309 e. The van der Waals surface area contributed by atoms with Crippen molar-refractivity contribution in [3.05, 3.63) is 170 Å². The molecule has 2 heterocycles. The average molecular weight is 566 g/mol. The lowest BCUT2D eigenvalue weighted by Gasteiger charge is -2.11. The lowest BCUT2D eigenvalue weighted by Crippen LogP contribution is -1.95. The van der Waals surface area contributed by atoms with Crippen molar-refractivity contribution in [3.8, 4) is 33.6 Å². The third kappa shape index (κ3) is 3.75. The van der Waals surface area contributed by atoms with Crippen molar-refractivity contribution in [2.24, 2.45) is 0 Å². The Morgan fingerprint density at radius 3 is 1.59 bits per heavy atom. The van der Waals surface area contributed by atoms with E-state index in [1.807, 2.05) is 47.0 Å². The van der Waals surface area contributed by atoms with Crippen LogP contribution >= 0.6 is 0 Å². The second kappa shape index (κ2) is 9.86. The van der Waals surface area contributed by atoms with Crippen molar-refractivity contribution in [2.75, 3.05) is 0 Å². The fraction of sp³-hybridized carbons (Fsp3) is 0. The van der Waals surface area contributed by atoms with Gasteiger partial charge in [0, 0.05) is 32.9 Å². The highest BCUT2D eigenvalue weighted by Gasteiger charge is 2.20. The van der Waals surface area contributed by atoms with Crippen molar-refractivity contribution in [2.45, 2.75) is 0 Å². The van der Waals surface area contributed by atoms with Gasteiger partial charge in [0.25, 0.3) is 0 Å². The van der Waals surface area contributed by atoms with Gasteiger partial charge in [-0.25, -0.2) is 0 Å². The zero-order chi connectivity index (χ0) is 33.4. The largest absolute Gasteiger partial charge is 0.309 e. The standard InChI is InChI=1S/C42H28N2/c1-3-11-29(12-4-1)30-19-21-31(22-20-30)32-23-25-34(26-24-32)44-38-17-9-7-15-35(38)36-27-28-40-41(42(36)44)37-16-8-10-18-39(37)43(40)33-13-5-2-6-14-33/h1-28H/i2D,5D,6D,13D,14D. The number of benzene rings is 7. The Bertz CT molecular complexity index is 2710. The van der Waals surface area contributed by atoms with Crippen LogP contribution in [0, 0.1) is 0 Å². The Hall–Kier alpha value is -5.86. The number of rotatable bonds is 4. The van der Waals surface area contributed by atoms with Gasteiger partial charge in [0.05, 0.1) is 28.9 Å². The number of fused-ring (bicyclic) bond motifs is 7. The van der Waals surface area contributed by atoms with Crippen LogP contribution in [0.4, 0.5) is 0 Å². The molecule has 0 saturated heterocycles. The first-order valence-electron chi connectivity index (χ1n) is 17.2. The number of para-hydroxylation sites is 3. The van der Waals surface area contributed by atoms with E-state index in [-0.39, 0.29) is 29.9 Å². The van der Waals surface area contributed by atoms with Crippen LogP contribution in [0.15, 0.2) is 170 Å². The van der Waals surface area contributed by atoms with Crippen LogP contribution < -0.4 is 0 Å². The van der Waals surface area contributed by atoms with Gasteiger partial charge < -0.3 is 9.13 Å². The quantitative estimate of drug-likeness (QED) is 0.201. The molecule has 0 aliphatic rings. The first-order chi connectivity index (χ1) is 23.9. The fourth-order valence-electron chi connectivity index (χ4n) is 6.66. The van der Waals surface area contributed by atoms with Crippen LogP contribution in [0.25, 0.3) is 77.2 Å². The zero-order valence-electron chi connectivity index (χ0n) is 28.7. The smallest absolute Gasteiger partial charge is 0.0645 e. The predicted octanol–water partition coefficient (Wildman–Crippen LogP) is 11.2. The van der Waals surface area contributed by atoms with E-state index >= 15 is 0 Å². The molecule has 0 fully saturated rings. The molecular formula is C42H28N2. The minimum atomic E-state index is -0.405. The van der Waals surface area contributed by atoms with E-state index in [1.165, 1.54) is 11.1 Å². The first kappa shape index (κ1) is 20.1. The highest BCUT2D eigenvalue weighted by molar-refractivity contribution is 6.26. The lowest BCUT2D eigenvalue weighted by atomic mass is 10.0. The van der Waals surface area contributed by atoms with Crippen LogP contribution in [0.1, 0.15) is 6.85 Å². The summed E-state index contributed by atoms with van der Waals surface area (Å²) in [5.41, 5.74) is 9.37. The van der Waals surface area contributed by atoms with E-state index in [1.54, 1.807) is 0 Å². The Morgan fingerprint density at radius 1 is 0.364 bits per heavy atom. The summed E-state index contributed by atoms with van der Waals surface area (Å²) < 4.78 is 46.8. The molecule has 9 rings (SSSR count). The van der Waals surface area contributed by atoms with Crippen molar-refractivity contribution >= 4 is 43.6 Å². The molecule has 0 N–H and O–H groups in total. The van der Waals surface area contributed by atoms with E-state index in [4.69, 9.17) is 6.85 Å². The summed E-state index contributed by atoms with van der Waals surface area (Å²) in [4.78, 5) is 0. The molecule has 0 saturated carbocycles. The Morgan fingerprint density at radius 2 is 0.909 bits per heavy atom. The topological polar surface area (TPSA) is 9.86 Å². The van der Waals surface area contributed by atoms with E-state index < -0.39 is 6.04 Å². The van der Waals surface area contributed by atoms with Gasteiger partial charge in [-0.3, -0.25) is 0 Å². The minimum absolute atomic E-state index is 0.141. The molecule has 2 aromatic heterocycles. The van der Waals surface area contributed by atoms with Crippen molar-refractivity contribution in [3.63, 3.8) is 0 Å². The van der Waals surface area contributed by atoms with Gasteiger partial charge in [0.2, 0.25) is 0 Å². The molecule has 0 bridgehead atoms. The molecule has 2 nitrogen and oxygen atoms in total. The molecule has 0 aliphatic carbocycles. The van der Waals surface area contributed by atoms with Crippen LogP contribution in [-0.4, -0.2) is 9.13 Å². The summed E-state index contributed by atoms with van der Waals surface area (Å²) in [5, 5.41) is 4.08. The van der Waals surface area contributed by atoms with Crippen molar-refractivity contribution in [1.82, 2.24) is 9.13 Å². The summed E-state index contributed by atoms with van der Waals surface area (Å²) in [5.74, 6) is 0. The van der Waals surface area contributed by atoms with Gasteiger partial charge in [0.15, 0.2) is 0 Å². The molecule has 0 radical (unpaired) electrons. The van der Waals surface area contributed by atoms with E-state index in [9.17, 15) is 0 Å². The number of hydrogen-bond acceptors (Lipinski definition) is 0. The molecule has 206 valence electrons. The van der Waals surface area contributed by atoms with E-state index in [2.05, 4.69) is 102 Å². The highest BCUT2D eigenvalue weighted by Crippen LogP contribution is 2.42. The molecule has 2 heteroatoms. The van der Waals surface area contributed by atoms with Crippen molar-refractivity contribution < 1.29 is 6.85 Å². The normalized spacial score (nSPS) is 13.2. The summed E-state index contributed by atoms with van der Waals surface area (Å²) >= 11 is 0. The summed E-state index contributed by atoms with van der Waals surface area (Å²) in [6, 6.07) is 46.4. The molecular weight excluding hydrogens is 532 g/mol. The average Bonchev–Trinajstić information content (AvgIpc) is 3.67. The van der Waals surface area contributed by atoms with Crippen LogP contribution in [-0.2, 0) is 0 Å². The molecule has 0 unspecified atom stereocenters. The van der Waals surface area contributed by atoms with Gasteiger partial charge in [-0.15, -0.1) is 0 Å². The first-order valence-corrected chi connectivity index (χ1v) is 14.7. The summed E-state index contributed by atoms with van der Waals surface area (Å²) in [7, 11) is 0. The van der Waals surface area contributed by atoms with Crippen LogP contribution in [0.3, 0.4) is 0 Å². The summed E-state index contributed by atoms with van der Waals surface area (Å²) in [6.45, 7) is 0. The molecule has 0 atom stereocenters. The number of aromatic nitrogens is 2. The van der Waals surface area contributed by atoms with Crippen LogP contribution in [0.5, 0.6) is 0 Å². The van der Waals surface area contributed by atoms with Gasteiger partial charge in [0.1, 0.15) is 0 Å². The monoisotopic (exact) mass is 565 g/mol. The Labute approximate surface area is 262 Å². The third-order valence-electron chi connectivity index (χ3n) is 8.63. The number of nitrogens with zero attached hydrogens (tertiary/aromatic N) is 2. The Kier molecular flexibility index (Phi) is 4.51. The highest BCUT2D eigenvalue weighted by atomic mass is 15.0. The molecule has 9 aromatic rings. The Balaban J connectivity index is 1.29. The molecule has 44 heavy (non-hydrogen) atoms. The predicted molar refractivity (Wildman–Crippen MR) is 186 cm³/mol. The SMILES string of the molecule is [2H]c1c([2H])c([2H])c(-n2c3ccccc3c3c2ccc2c4ccccc4n(-c4ccc(-c5ccc(-c6ccccc6)cc5)cc4)c23)c([2H])c1[2H]. The fourth-order valence-corrected chi connectivity index (χ4v) is 6.66. The molecule has 7 aromatic carbocycles. The second-order valence-electron chi connectivity index (χ2n) is 11.0. The lowest BCUT2D eigenvalue weighted by molar-refractivity contribution is 1.17. The molecule has 0 amide bonds. The van der Waals surface area contributed by atoms with Crippen LogP contribution in [0.2, 0.25) is 0 Å². The van der Waals surface area contributed by atoms with Gasteiger partial charge in [-0.05, 0) is 64.7 Å². The third-order valence-corrected chi connectivity index (χ3v) is 8.63. The second-order valence-corrected chi connectivity index (χ2v) is 11.0. The van der Waals surface area contributed by atoms with Gasteiger partial charge in [-0.2, -0.15) is 0 Å². The maximum absolute atomic E-state index is 8.84. The van der Waals surface area contributed by atoms with E-state index in [0.29, 0.717) is 0 Å². The van der Waals surface area contributed by atoms with E-state index in [0.717, 1.165) is 60.4 Å². The van der Waals surface area contributed by atoms with Gasteiger partial charge >= 0.3 is 0 Å². The van der Waals surface area contributed by atoms with Crippen molar-refractivity contribution in [1.29, 1.82) is 0 Å². The maximum atomic E-state index is 8.84. The molecule has 0 spiro atoms. The summed E-state index contributed by atoms with van der Waals surface area (Å²) in [6.07, 6.45) is 0. The molecule has 0 aliphatic heterocycles. The zero-order valence-corrected chi connectivity index (χ0v) is 23.7. The maximum Gasteiger partial charge on any atom is 0.0645 e. The van der Waals surface area contributed by atoms with Gasteiger partial charge in [-0.1, -0.05) is 127 Å².